The number of nitrogens with one attached hydrogen (secondary N) is 2. The second-order valence-electron chi connectivity index (χ2n) is 5.02. The molecule has 1 heterocycles. The Morgan fingerprint density at radius 2 is 1.48 bits per heavy atom. The zero-order valence-corrected chi connectivity index (χ0v) is 15.7. The number of carbonyl (C=O) groups excluding carboxylic acids is 3. The van der Waals surface area contributed by atoms with Crippen LogP contribution in [0.4, 0.5) is 37.4 Å². The zero-order valence-electron chi connectivity index (χ0n) is 15.7. The minimum Gasteiger partial charge on any atom is -0.453 e. The molecule has 0 unspecified atom stereocenters. The topological polar surface area (TPSA) is 150 Å². The van der Waals surface area contributed by atoms with Crippen LogP contribution < -0.4 is 15.4 Å². The number of aromatic nitrogens is 1. The van der Waals surface area contributed by atoms with Crippen molar-refractivity contribution in [3.05, 3.63) is 36.4 Å². The lowest BCUT2D eigenvalue weighted by Crippen LogP contribution is -2.15. The summed E-state index contributed by atoms with van der Waals surface area (Å²) in [5.41, 5.74) is 0.359. The van der Waals surface area contributed by atoms with E-state index in [0.717, 1.165) is 0 Å². The minimum atomic E-state index is -0.916. The summed E-state index contributed by atoms with van der Waals surface area (Å²) < 4.78 is 18.5. The van der Waals surface area contributed by atoms with E-state index in [1.807, 2.05) is 0 Å². The highest BCUT2D eigenvalue weighted by Crippen LogP contribution is 2.31. The average Bonchev–Trinajstić information content (AvgIpc) is 2.73. The Hall–Kier alpha value is -4.22. The van der Waals surface area contributed by atoms with E-state index >= 15 is 0 Å². The maximum Gasteiger partial charge on any atom is 0.513 e. The lowest BCUT2D eigenvalue weighted by Gasteiger charge is -2.09. The maximum absolute atomic E-state index is 11.6. The van der Waals surface area contributed by atoms with E-state index in [2.05, 4.69) is 40.1 Å². The molecule has 0 saturated carbocycles. The average molecular weight is 403 g/mol. The van der Waals surface area contributed by atoms with E-state index in [0.29, 0.717) is 0 Å². The van der Waals surface area contributed by atoms with Gasteiger partial charge in [-0.05, 0) is 24.3 Å². The van der Waals surface area contributed by atoms with Crippen LogP contribution in [0, 0.1) is 0 Å². The van der Waals surface area contributed by atoms with Gasteiger partial charge in [-0.25, -0.2) is 19.4 Å². The van der Waals surface area contributed by atoms with Crippen molar-refractivity contribution in [3.8, 4) is 5.75 Å². The molecule has 2 aromatic rings. The van der Waals surface area contributed by atoms with E-state index in [-0.39, 0.29) is 28.8 Å². The van der Waals surface area contributed by atoms with E-state index in [1.54, 1.807) is 18.2 Å². The first-order valence-corrected chi connectivity index (χ1v) is 7.94. The SMILES string of the molecule is COC(=O)Nc1ccc(N=Nc2ccccc2OC(=O)OC)c(NC(=O)OC)n1. The number of ether oxygens (including phenoxy) is 4. The number of rotatable bonds is 5. The predicted octanol–water partition coefficient (Wildman–Crippen LogP) is 4.00. The standard InChI is InChI=1S/C17H17N5O7/c1-26-15(23)19-13-9-8-11(14(18-13)20-16(24)27-2)22-21-10-6-4-5-7-12(10)29-17(25)28-3/h4-9H,1-3H3,(H2,18,19,20,23,24). The first-order chi connectivity index (χ1) is 14.0. The van der Waals surface area contributed by atoms with Crippen LogP contribution in [-0.2, 0) is 14.2 Å². The zero-order chi connectivity index (χ0) is 21.2. The monoisotopic (exact) mass is 403 g/mol. The number of para-hydroxylation sites is 1. The van der Waals surface area contributed by atoms with Crippen molar-refractivity contribution >= 4 is 41.4 Å². The van der Waals surface area contributed by atoms with E-state index in [9.17, 15) is 14.4 Å². The van der Waals surface area contributed by atoms with Crippen molar-refractivity contribution < 1.29 is 33.3 Å². The molecule has 2 N–H and O–H groups in total. The van der Waals surface area contributed by atoms with Crippen LogP contribution in [0.2, 0.25) is 0 Å². The quantitative estimate of drug-likeness (QED) is 0.329. The summed E-state index contributed by atoms with van der Waals surface area (Å²) in [6.45, 7) is 0. The van der Waals surface area contributed by atoms with Gasteiger partial charge in [-0.15, -0.1) is 10.2 Å². The third kappa shape index (κ3) is 6.16. The molecule has 0 fully saturated rings. The number of hydrogen-bond donors (Lipinski definition) is 2. The molecule has 0 atom stereocenters. The highest BCUT2D eigenvalue weighted by atomic mass is 16.7. The number of hydrogen-bond acceptors (Lipinski definition) is 10. The van der Waals surface area contributed by atoms with E-state index in [4.69, 9.17) is 4.74 Å². The summed E-state index contributed by atoms with van der Waals surface area (Å²) in [7, 11) is 3.54. The highest BCUT2D eigenvalue weighted by molar-refractivity contribution is 5.89. The Labute approximate surface area is 164 Å². The van der Waals surface area contributed by atoms with Crippen LogP contribution in [0.15, 0.2) is 46.6 Å². The second-order valence-corrected chi connectivity index (χ2v) is 5.02. The summed E-state index contributed by atoms with van der Waals surface area (Å²) >= 11 is 0. The second kappa shape index (κ2) is 10.2. The molecule has 12 heteroatoms. The van der Waals surface area contributed by atoms with Gasteiger partial charge in [0.1, 0.15) is 17.2 Å². The van der Waals surface area contributed by atoms with Gasteiger partial charge in [0, 0.05) is 0 Å². The fourth-order valence-electron chi connectivity index (χ4n) is 1.86. The third-order valence-corrected chi connectivity index (χ3v) is 3.19. The lowest BCUT2D eigenvalue weighted by atomic mass is 10.3. The molecule has 29 heavy (non-hydrogen) atoms. The fourth-order valence-corrected chi connectivity index (χ4v) is 1.86. The van der Waals surface area contributed by atoms with Gasteiger partial charge < -0.3 is 18.9 Å². The minimum absolute atomic E-state index is 0.0409. The molecule has 0 aliphatic carbocycles. The smallest absolute Gasteiger partial charge is 0.453 e. The number of carbonyl (C=O) groups is 3. The molecule has 0 radical (unpaired) electrons. The van der Waals surface area contributed by atoms with Crippen molar-refractivity contribution in [3.63, 3.8) is 0 Å². The van der Waals surface area contributed by atoms with Crippen LogP contribution in [0.25, 0.3) is 0 Å². The molecule has 152 valence electrons. The van der Waals surface area contributed by atoms with Crippen LogP contribution in [0.1, 0.15) is 0 Å². The number of methoxy groups -OCH3 is 3. The Kier molecular flexibility index (Phi) is 7.42. The Balaban J connectivity index is 2.34. The highest BCUT2D eigenvalue weighted by Gasteiger charge is 2.13. The number of anilines is 2. The molecule has 2 amide bonds. The molecular formula is C17H17N5O7. The molecule has 0 saturated heterocycles. The van der Waals surface area contributed by atoms with Crippen molar-refractivity contribution in [2.75, 3.05) is 32.0 Å². The molecular weight excluding hydrogens is 386 g/mol. The number of nitrogens with zero attached hydrogens (tertiary/aromatic N) is 3. The van der Waals surface area contributed by atoms with Gasteiger partial charge in [0.15, 0.2) is 11.6 Å². The largest absolute Gasteiger partial charge is 0.513 e. The number of benzene rings is 1. The Morgan fingerprint density at radius 1 is 0.828 bits per heavy atom. The van der Waals surface area contributed by atoms with Crippen molar-refractivity contribution in [1.29, 1.82) is 0 Å². The molecule has 12 nitrogen and oxygen atoms in total. The third-order valence-electron chi connectivity index (χ3n) is 3.19. The van der Waals surface area contributed by atoms with Crippen LogP contribution in [0.3, 0.4) is 0 Å². The van der Waals surface area contributed by atoms with Gasteiger partial charge in [0.2, 0.25) is 0 Å². The summed E-state index contributed by atoms with van der Waals surface area (Å²) in [4.78, 5) is 38.3. The lowest BCUT2D eigenvalue weighted by molar-refractivity contribution is 0.121. The van der Waals surface area contributed by atoms with E-state index < -0.39 is 18.3 Å². The van der Waals surface area contributed by atoms with Crippen molar-refractivity contribution in [2.45, 2.75) is 0 Å². The summed E-state index contributed by atoms with van der Waals surface area (Å²) in [5, 5.41) is 12.7. The first kappa shape index (κ1) is 21.1. The fraction of sp³-hybridized carbons (Fsp3) is 0.176. The summed E-state index contributed by atoms with van der Waals surface area (Å²) in [5.74, 6) is 0.167. The predicted molar refractivity (Wildman–Crippen MR) is 99.9 cm³/mol. The van der Waals surface area contributed by atoms with Gasteiger partial charge in [-0.1, -0.05) is 12.1 Å². The Morgan fingerprint density at radius 3 is 2.17 bits per heavy atom. The number of amides is 2. The van der Waals surface area contributed by atoms with Gasteiger partial charge in [0.25, 0.3) is 0 Å². The Bertz CT molecular complexity index is 932. The van der Waals surface area contributed by atoms with Gasteiger partial charge >= 0.3 is 18.3 Å². The van der Waals surface area contributed by atoms with Crippen molar-refractivity contribution in [1.82, 2.24) is 4.98 Å². The number of azo groups is 1. The molecule has 1 aromatic carbocycles. The number of pyridine rings is 1. The molecule has 0 spiro atoms. The maximum atomic E-state index is 11.6. The van der Waals surface area contributed by atoms with Crippen LogP contribution >= 0.6 is 0 Å². The van der Waals surface area contributed by atoms with Gasteiger partial charge in [-0.2, -0.15) is 0 Å². The van der Waals surface area contributed by atoms with Crippen LogP contribution in [0.5, 0.6) is 5.75 Å². The normalized spacial score (nSPS) is 10.2. The molecule has 0 aliphatic rings. The van der Waals surface area contributed by atoms with Gasteiger partial charge in [-0.3, -0.25) is 10.6 Å². The molecule has 2 rings (SSSR count). The van der Waals surface area contributed by atoms with Gasteiger partial charge in [0.05, 0.1) is 21.3 Å². The summed E-state index contributed by atoms with van der Waals surface area (Å²) in [6, 6.07) is 9.21. The van der Waals surface area contributed by atoms with E-state index in [1.165, 1.54) is 39.5 Å². The molecule has 1 aromatic heterocycles. The molecule has 0 aliphatic heterocycles. The summed E-state index contributed by atoms with van der Waals surface area (Å²) in [6.07, 6.45) is -2.47. The van der Waals surface area contributed by atoms with Crippen molar-refractivity contribution in [2.24, 2.45) is 10.2 Å². The molecule has 0 bridgehead atoms. The first-order valence-electron chi connectivity index (χ1n) is 7.94. The van der Waals surface area contributed by atoms with Crippen LogP contribution in [-0.4, -0.2) is 44.7 Å².